The number of urea groups is 1. The van der Waals surface area contributed by atoms with Gasteiger partial charge in [-0.05, 0) is 93.4 Å². The van der Waals surface area contributed by atoms with Gasteiger partial charge in [0.15, 0.2) is 18.1 Å². The Hall–Kier alpha value is -5.56. The number of nitrogens with zero attached hydrogens (tertiary/aromatic N) is 2. The Kier molecular flexibility index (Phi) is 11.6. The molecule has 0 bridgehead atoms. The second kappa shape index (κ2) is 16.2. The first-order valence-corrected chi connectivity index (χ1v) is 16.6. The van der Waals surface area contributed by atoms with E-state index in [9.17, 15) is 14.4 Å². The number of hydrazone groups is 1. The normalized spacial score (nSPS) is 14.2. The van der Waals surface area contributed by atoms with Gasteiger partial charge in [-0.15, -0.1) is 0 Å². The number of aromatic nitrogens is 1. The fraction of sp³-hybridized carbons (Fsp3) is 0.243. The third kappa shape index (κ3) is 8.53. The smallest absolute Gasteiger partial charge is 0.338 e. The molecule has 3 amide bonds. The van der Waals surface area contributed by atoms with Crippen molar-refractivity contribution >= 4 is 40.1 Å². The monoisotopic (exact) mass is 743 g/mol. The lowest BCUT2D eigenvalue weighted by molar-refractivity contribution is -0.139. The van der Waals surface area contributed by atoms with E-state index in [1.165, 1.54) is 7.11 Å². The molecule has 3 aromatic carbocycles. The lowest BCUT2D eigenvalue weighted by Crippen LogP contribution is -2.45. The van der Waals surface area contributed by atoms with Crippen LogP contribution >= 0.6 is 15.9 Å². The summed E-state index contributed by atoms with van der Waals surface area (Å²) in [5.41, 5.74) is 8.58. The average Bonchev–Trinajstić information content (AvgIpc) is 3.38. The first-order valence-electron chi connectivity index (χ1n) is 15.8. The van der Waals surface area contributed by atoms with Gasteiger partial charge in [0.2, 0.25) is 0 Å². The minimum Gasteiger partial charge on any atom is -0.493 e. The van der Waals surface area contributed by atoms with E-state index < -0.39 is 23.9 Å². The maximum atomic E-state index is 12.7. The quantitative estimate of drug-likeness (QED) is 0.0846. The molecule has 13 heteroatoms. The molecule has 2 heterocycles. The molecule has 12 nitrogen and oxygen atoms in total. The van der Waals surface area contributed by atoms with Crippen LogP contribution in [0.2, 0.25) is 0 Å². The largest absolute Gasteiger partial charge is 0.493 e. The van der Waals surface area contributed by atoms with E-state index >= 15 is 0 Å². The zero-order valence-corrected chi connectivity index (χ0v) is 29.9. The first-order chi connectivity index (χ1) is 24.1. The summed E-state index contributed by atoms with van der Waals surface area (Å²) in [5.74, 6) is 0.346. The number of esters is 1. The van der Waals surface area contributed by atoms with E-state index in [2.05, 4.69) is 41.7 Å². The van der Waals surface area contributed by atoms with E-state index in [-0.39, 0.29) is 18.8 Å². The number of hydrogen-bond acceptors (Lipinski definition) is 8. The van der Waals surface area contributed by atoms with Gasteiger partial charge in [0.1, 0.15) is 12.4 Å². The van der Waals surface area contributed by atoms with E-state index in [1.54, 1.807) is 38.3 Å². The van der Waals surface area contributed by atoms with Crippen molar-refractivity contribution in [3.63, 3.8) is 0 Å². The molecular formula is C37H38BrN5O7. The lowest BCUT2D eigenvalue weighted by Gasteiger charge is -2.28. The maximum Gasteiger partial charge on any atom is 0.338 e. The van der Waals surface area contributed by atoms with Gasteiger partial charge < -0.3 is 34.1 Å². The van der Waals surface area contributed by atoms with Crippen LogP contribution < -0.4 is 30.3 Å². The third-order valence-corrected chi connectivity index (χ3v) is 8.45. The van der Waals surface area contributed by atoms with Gasteiger partial charge in [-0.3, -0.25) is 4.79 Å². The first kappa shape index (κ1) is 35.7. The third-order valence-electron chi connectivity index (χ3n) is 7.92. The van der Waals surface area contributed by atoms with Crippen LogP contribution in [0.5, 0.6) is 17.2 Å². The molecule has 0 fully saturated rings. The Balaban J connectivity index is 1.18. The number of methoxy groups -OCH3 is 1. The molecule has 5 rings (SSSR count). The van der Waals surface area contributed by atoms with Crippen molar-refractivity contribution in [1.82, 2.24) is 20.6 Å². The van der Waals surface area contributed by atoms with Crippen molar-refractivity contribution in [3.8, 4) is 22.9 Å². The SMILES string of the molecule is CCOC(=O)C1=C(C)NC(=O)N[C@H]1c1ccc(OCC(=O)N/N=C/c2cc(C)n(-c3ccc(OCc4ccc(Br)cc4)cc3)c2C)c(OC)c1. The van der Waals surface area contributed by atoms with E-state index in [0.29, 0.717) is 29.4 Å². The summed E-state index contributed by atoms with van der Waals surface area (Å²) < 4.78 is 25.5. The Morgan fingerprint density at radius 1 is 0.980 bits per heavy atom. The number of halogens is 1. The molecule has 3 N–H and O–H groups in total. The van der Waals surface area contributed by atoms with E-state index in [1.807, 2.05) is 68.4 Å². The van der Waals surface area contributed by atoms with Gasteiger partial charge in [-0.25, -0.2) is 15.0 Å². The van der Waals surface area contributed by atoms with Crippen LogP contribution in [0.25, 0.3) is 5.69 Å². The summed E-state index contributed by atoms with van der Waals surface area (Å²) in [6.45, 7) is 7.65. The lowest BCUT2D eigenvalue weighted by atomic mass is 9.95. The Labute approximate surface area is 298 Å². The molecule has 0 spiro atoms. The molecule has 0 radical (unpaired) electrons. The van der Waals surface area contributed by atoms with Gasteiger partial charge in [0, 0.05) is 32.8 Å². The second-order valence-corrected chi connectivity index (χ2v) is 12.3. The predicted molar refractivity (Wildman–Crippen MR) is 192 cm³/mol. The Morgan fingerprint density at radius 3 is 2.42 bits per heavy atom. The van der Waals surface area contributed by atoms with Gasteiger partial charge in [0.05, 0.1) is 31.5 Å². The van der Waals surface area contributed by atoms with Gasteiger partial charge in [-0.1, -0.05) is 34.1 Å². The minimum atomic E-state index is -0.771. The van der Waals surface area contributed by atoms with Crippen LogP contribution in [0.4, 0.5) is 4.79 Å². The number of amides is 3. The zero-order chi connectivity index (χ0) is 35.8. The van der Waals surface area contributed by atoms with Crippen molar-refractivity contribution in [2.45, 2.75) is 40.3 Å². The summed E-state index contributed by atoms with van der Waals surface area (Å²) in [5, 5.41) is 9.49. The van der Waals surface area contributed by atoms with Gasteiger partial charge in [0.25, 0.3) is 5.91 Å². The molecule has 4 aromatic rings. The topological polar surface area (TPSA) is 142 Å². The molecule has 260 valence electrons. The standard InChI is InChI=1S/C37H38BrN5O7/c1-6-48-36(45)34-23(3)40-37(46)41-35(34)26-9-16-31(32(18-26)47-5)50-21-33(44)42-39-19-27-17-22(2)43(24(27)4)29-12-14-30(15-13-29)49-20-25-7-10-28(38)11-8-25/h7-19,35H,6,20-21H2,1-5H3,(H,42,44)(H2,40,41,46)/b39-19+/t35-/m0/s1. The number of aryl methyl sites for hydroxylation is 1. The van der Waals surface area contributed by atoms with Gasteiger partial charge in [-0.2, -0.15) is 5.10 Å². The molecule has 1 atom stereocenters. The van der Waals surface area contributed by atoms with Gasteiger partial charge >= 0.3 is 12.0 Å². The van der Waals surface area contributed by atoms with Crippen molar-refractivity contribution in [3.05, 3.63) is 117 Å². The Bertz CT molecular complexity index is 1930. The highest BCUT2D eigenvalue weighted by Crippen LogP contribution is 2.34. The molecular weight excluding hydrogens is 706 g/mol. The van der Waals surface area contributed by atoms with E-state index in [4.69, 9.17) is 18.9 Å². The molecule has 0 unspecified atom stereocenters. The molecule has 50 heavy (non-hydrogen) atoms. The van der Waals surface area contributed by atoms with Crippen LogP contribution in [-0.4, -0.2) is 49.0 Å². The Morgan fingerprint density at radius 2 is 1.72 bits per heavy atom. The summed E-state index contributed by atoms with van der Waals surface area (Å²) >= 11 is 3.45. The highest BCUT2D eigenvalue weighted by molar-refractivity contribution is 9.10. The summed E-state index contributed by atoms with van der Waals surface area (Å²) in [4.78, 5) is 37.5. The molecule has 0 aliphatic carbocycles. The molecule has 1 aliphatic heterocycles. The van der Waals surface area contributed by atoms with Crippen LogP contribution in [0.15, 0.2) is 93.6 Å². The summed E-state index contributed by atoms with van der Waals surface area (Å²) in [6, 6.07) is 21.6. The predicted octanol–water partition coefficient (Wildman–Crippen LogP) is 6.16. The molecule has 1 aliphatic rings. The molecule has 1 aromatic heterocycles. The zero-order valence-electron chi connectivity index (χ0n) is 28.3. The van der Waals surface area contributed by atoms with Crippen molar-refractivity contribution in [1.29, 1.82) is 0 Å². The maximum absolute atomic E-state index is 12.7. The average molecular weight is 745 g/mol. The highest BCUT2D eigenvalue weighted by atomic mass is 79.9. The summed E-state index contributed by atoms with van der Waals surface area (Å²) in [7, 11) is 1.45. The van der Waals surface area contributed by atoms with E-state index in [0.717, 1.165) is 38.4 Å². The minimum absolute atomic E-state index is 0.185. The number of ether oxygens (including phenoxy) is 4. The number of carbonyl (C=O) groups is 3. The van der Waals surface area contributed by atoms with Crippen LogP contribution in [-0.2, 0) is 20.9 Å². The van der Waals surface area contributed by atoms with Crippen molar-refractivity contribution in [2.75, 3.05) is 20.3 Å². The summed E-state index contributed by atoms with van der Waals surface area (Å²) in [6.07, 6.45) is 1.59. The number of allylic oxidation sites excluding steroid dienone is 1. The van der Waals surface area contributed by atoms with Crippen molar-refractivity contribution < 1.29 is 33.3 Å². The highest BCUT2D eigenvalue weighted by Gasteiger charge is 2.32. The second-order valence-electron chi connectivity index (χ2n) is 11.4. The van der Waals surface area contributed by atoms with Crippen molar-refractivity contribution in [2.24, 2.45) is 5.10 Å². The molecule has 0 saturated carbocycles. The van der Waals surface area contributed by atoms with Crippen LogP contribution in [0, 0.1) is 13.8 Å². The van der Waals surface area contributed by atoms with Crippen LogP contribution in [0.3, 0.4) is 0 Å². The number of carbonyl (C=O) groups excluding carboxylic acids is 3. The number of benzene rings is 3. The molecule has 0 saturated heterocycles. The van der Waals surface area contributed by atoms with Crippen LogP contribution in [0.1, 0.15) is 48.0 Å². The fourth-order valence-corrected chi connectivity index (χ4v) is 5.77. The number of hydrogen-bond donors (Lipinski definition) is 3. The number of nitrogens with one attached hydrogen (secondary N) is 3. The number of rotatable bonds is 13. The fourth-order valence-electron chi connectivity index (χ4n) is 5.51.